The van der Waals surface area contributed by atoms with Crippen molar-refractivity contribution in [3.63, 3.8) is 0 Å². The molecule has 0 radical (unpaired) electrons. The summed E-state index contributed by atoms with van der Waals surface area (Å²) in [6.45, 7) is 2.02. The van der Waals surface area contributed by atoms with Crippen LogP contribution >= 0.6 is 0 Å². The maximum absolute atomic E-state index is 12.7. The summed E-state index contributed by atoms with van der Waals surface area (Å²) in [5.41, 5.74) is 4.17. The van der Waals surface area contributed by atoms with Crippen molar-refractivity contribution in [2.45, 2.75) is 6.92 Å². The third-order valence-corrected chi connectivity index (χ3v) is 4.97. The zero-order chi connectivity index (χ0) is 21.9. The van der Waals surface area contributed by atoms with Gasteiger partial charge in [0.05, 0.1) is 11.1 Å². The molecule has 0 unspecified atom stereocenters. The summed E-state index contributed by atoms with van der Waals surface area (Å²) in [4.78, 5) is 28.5. The molecule has 3 aromatic heterocycles. The predicted molar refractivity (Wildman–Crippen MR) is 123 cm³/mol. The lowest BCUT2D eigenvalue weighted by molar-refractivity contribution is 0.101. The highest BCUT2D eigenvalue weighted by Gasteiger charge is 2.12. The van der Waals surface area contributed by atoms with E-state index in [4.69, 9.17) is 4.74 Å². The number of nitrogens with one attached hydrogen (secondary N) is 2. The summed E-state index contributed by atoms with van der Waals surface area (Å²) >= 11 is 0. The fourth-order valence-electron chi connectivity index (χ4n) is 3.30. The highest BCUT2D eigenvalue weighted by Crippen LogP contribution is 2.29. The van der Waals surface area contributed by atoms with Crippen LogP contribution in [0.3, 0.4) is 0 Å². The largest absolute Gasteiger partial charge is 0.457 e. The second-order valence-corrected chi connectivity index (χ2v) is 7.26. The summed E-state index contributed by atoms with van der Waals surface area (Å²) < 4.78 is 5.97. The zero-order valence-corrected chi connectivity index (χ0v) is 17.2. The van der Waals surface area contributed by atoms with E-state index in [9.17, 15) is 4.79 Å². The number of hydrogen-bond acceptors (Lipinski definition) is 5. The number of aryl methyl sites for hydroxylation is 1. The Morgan fingerprint density at radius 2 is 1.69 bits per heavy atom. The number of anilines is 1. The molecule has 1 amide bonds. The van der Waals surface area contributed by atoms with Crippen LogP contribution in [0, 0.1) is 6.92 Å². The molecule has 156 valence electrons. The van der Waals surface area contributed by atoms with Crippen LogP contribution in [0.5, 0.6) is 11.5 Å². The van der Waals surface area contributed by atoms with Gasteiger partial charge in [-0.3, -0.25) is 4.79 Å². The van der Waals surface area contributed by atoms with Crippen molar-refractivity contribution in [1.82, 2.24) is 19.9 Å². The van der Waals surface area contributed by atoms with Crippen LogP contribution in [0.2, 0.25) is 0 Å². The van der Waals surface area contributed by atoms with Crippen molar-refractivity contribution in [2.75, 3.05) is 5.32 Å². The number of amides is 1. The smallest absolute Gasteiger partial charge is 0.293 e. The average Bonchev–Trinajstić information content (AvgIpc) is 3.31. The number of pyridine rings is 1. The maximum Gasteiger partial charge on any atom is 0.293 e. The molecule has 7 nitrogen and oxygen atoms in total. The molecule has 2 N–H and O–H groups in total. The molecule has 3 heterocycles. The molecule has 7 heteroatoms. The molecule has 32 heavy (non-hydrogen) atoms. The SMILES string of the molecule is Cc1ccc(-c2ccnc(C(=O)Nc3ccc(Oc4ccnc5[nH]ccc45)cc3)n2)cc1. The van der Waals surface area contributed by atoms with Gasteiger partial charge in [-0.1, -0.05) is 29.8 Å². The number of ether oxygens (including phenoxy) is 1. The third kappa shape index (κ3) is 4.04. The lowest BCUT2D eigenvalue weighted by atomic mass is 10.1. The fourth-order valence-corrected chi connectivity index (χ4v) is 3.30. The number of hydrogen-bond donors (Lipinski definition) is 2. The first kappa shape index (κ1) is 19.4. The van der Waals surface area contributed by atoms with Crippen LogP contribution in [0.1, 0.15) is 16.2 Å². The van der Waals surface area contributed by atoms with E-state index < -0.39 is 0 Å². The Kier molecular flexibility index (Phi) is 5.05. The van der Waals surface area contributed by atoms with E-state index in [0.717, 1.165) is 22.2 Å². The Hall–Kier alpha value is -4.52. The molecule has 0 aliphatic carbocycles. The number of carbonyl (C=O) groups excluding carboxylic acids is 1. The maximum atomic E-state index is 12.7. The van der Waals surface area contributed by atoms with Crippen LogP contribution in [-0.4, -0.2) is 25.8 Å². The van der Waals surface area contributed by atoms with Crippen molar-refractivity contribution >= 4 is 22.6 Å². The van der Waals surface area contributed by atoms with Gasteiger partial charge in [-0.25, -0.2) is 15.0 Å². The number of aromatic amines is 1. The van der Waals surface area contributed by atoms with Crippen LogP contribution in [0.25, 0.3) is 22.3 Å². The summed E-state index contributed by atoms with van der Waals surface area (Å²) in [5, 5.41) is 3.73. The van der Waals surface area contributed by atoms with Gasteiger partial charge >= 0.3 is 0 Å². The van der Waals surface area contributed by atoms with Gasteiger partial charge in [-0.05, 0) is 49.4 Å². The quantitative estimate of drug-likeness (QED) is 0.398. The summed E-state index contributed by atoms with van der Waals surface area (Å²) in [6, 6.07) is 20.6. The topological polar surface area (TPSA) is 92.8 Å². The molecule has 5 rings (SSSR count). The monoisotopic (exact) mass is 421 g/mol. The van der Waals surface area contributed by atoms with Gasteiger partial charge in [0.25, 0.3) is 5.91 Å². The molecular formula is C25H19N5O2. The van der Waals surface area contributed by atoms with Gasteiger partial charge in [-0.15, -0.1) is 0 Å². The Balaban J connectivity index is 1.29. The molecule has 0 atom stereocenters. The zero-order valence-electron chi connectivity index (χ0n) is 17.2. The molecule has 0 aliphatic rings. The summed E-state index contributed by atoms with van der Waals surface area (Å²) in [7, 11) is 0. The van der Waals surface area contributed by atoms with E-state index in [0.29, 0.717) is 22.9 Å². The van der Waals surface area contributed by atoms with Crippen molar-refractivity contribution in [3.8, 4) is 22.8 Å². The van der Waals surface area contributed by atoms with E-state index >= 15 is 0 Å². The van der Waals surface area contributed by atoms with E-state index in [1.165, 1.54) is 0 Å². The van der Waals surface area contributed by atoms with Crippen molar-refractivity contribution in [1.29, 1.82) is 0 Å². The molecule has 0 saturated heterocycles. The molecule has 0 aliphatic heterocycles. The van der Waals surface area contributed by atoms with Gasteiger partial charge in [0.2, 0.25) is 5.82 Å². The van der Waals surface area contributed by atoms with Gasteiger partial charge in [0.15, 0.2) is 0 Å². The number of rotatable bonds is 5. The van der Waals surface area contributed by atoms with E-state index in [1.54, 1.807) is 42.7 Å². The van der Waals surface area contributed by atoms with Crippen molar-refractivity contribution < 1.29 is 9.53 Å². The first-order chi connectivity index (χ1) is 15.7. The van der Waals surface area contributed by atoms with E-state index in [-0.39, 0.29) is 11.7 Å². The number of aromatic nitrogens is 4. The second kappa shape index (κ2) is 8.31. The number of nitrogens with zero attached hydrogens (tertiary/aromatic N) is 3. The molecule has 0 bridgehead atoms. The molecule has 0 spiro atoms. The standard InChI is InChI=1S/C25H19N5O2/c1-16-2-4-17(5-3-16)21-11-14-28-24(30-21)25(31)29-18-6-8-19(9-7-18)32-22-12-15-27-23-20(22)10-13-26-23/h2-15H,1H3,(H,26,27)(H,29,31). The minimum atomic E-state index is -0.379. The number of benzene rings is 2. The second-order valence-electron chi connectivity index (χ2n) is 7.26. The van der Waals surface area contributed by atoms with Crippen LogP contribution in [0.15, 0.2) is 85.3 Å². The van der Waals surface area contributed by atoms with Gasteiger partial charge in [0, 0.05) is 29.8 Å². The van der Waals surface area contributed by atoms with Crippen LogP contribution < -0.4 is 10.1 Å². The van der Waals surface area contributed by atoms with Crippen LogP contribution in [-0.2, 0) is 0 Å². The van der Waals surface area contributed by atoms with E-state index in [2.05, 4.69) is 25.3 Å². The number of fused-ring (bicyclic) bond motifs is 1. The van der Waals surface area contributed by atoms with Crippen molar-refractivity contribution in [3.05, 3.63) is 96.7 Å². The third-order valence-electron chi connectivity index (χ3n) is 4.97. The van der Waals surface area contributed by atoms with Crippen LogP contribution in [0.4, 0.5) is 5.69 Å². The molecule has 0 fully saturated rings. The average molecular weight is 421 g/mol. The fraction of sp³-hybridized carbons (Fsp3) is 0.0400. The highest BCUT2D eigenvalue weighted by atomic mass is 16.5. The van der Waals surface area contributed by atoms with Crippen molar-refractivity contribution in [2.24, 2.45) is 0 Å². The minimum absolute atomic E-state index is 0.107. The van der Waals surface area contributed by atoms with E-state index in [1.807, 2.05) is 49.5 Å². The molecule has 0 saturated carbocycles. The van der Waals surface area contributed by atoms with Gasteiger partial charge in [-0.2, -0.15) is 0 Å². The highest BCUT2D eigenvalue weighted by molar-refractivity contribution is 6.01. The Morgan fingerprint density at radius 3 is 2.50 bits per heavy atom. The summed E-state index contributed by atoms with van der Waals surface area (Å²) in [5.74, 6) is 1.08. The number of H-pyrrole nitrogens is 1. The Morgan fingerprint density at radius 1 is 0.906 bits per heavy atom. The lowest BCUT2D eigenvalue weighted by Gasteiger charge is -2.09. The Bertz CT molecular complexity index is 1390. The first-order valence-electron chi connectivity index (χ1n) is 10.1. The minimum Gasteiger partial charge on any atom is -0.457 e. The Labute approximate surface area is 184 Å². The lowest BCUT2D eigenvalue weighted by Crippen LogP contribution is -2.15. The predicted octanol–water partition coefficient (Wildman–Crippen LogP) is 5.37. The molecule has 5 aromatic rings. The summed E-state index contributed by atoms with van der Waals surface area (Å²) in [6.07, 6.45) is 5.09. The molecule has 2 aromatic carbocycles. The van der Waals surface area contributed by atoms with Gasteiger partial charge in [0.1, 0.15) is 17.1 Å². The normalized spacial score (nSPS) is 10.8. The molecular weight excluding hydrogens is 402 g/mol. The first-order valence-corrected chi connectivity index (χ1v) is 10.1. The number of carbonyl (C=O) groups is 1. The van der Waals surface area contributed by atoms with Gasteiger partial charge < -0.3 is 15.0 Å².